The molecule has 2 aliphatic rings. The molecule has 1 aromatic carbocycles. The van der Waals surface area contributed by atoms with E-state index in [0.29, 0.717) is 11.7 Å². The van der Waals surface area contributed by atoms with Gasteiger partial charge in [0.25, 0.3) is 0 Å². The van der Waals surface area contributed by atoms with Crippen LogP contribution in [0, 0.1) is 5.92 Å². The largest absolute Gasteiger partial charge is 0.298 e. The number of rotatable bonds is 2. The zero-order valence-corrected chi connectivity index (χ0v) is 10.8. The summed E-state index contributed by atoms with van der Waals surface area (Å²) >= 11 is 0. The summed E-state index contributed by atoms with van der Waals surface area (Å²) in [5, 5.41) is 0. The fraction of sp³-hybridized carbons (Fsp3) is 0.562. The number of benzene rings is 1. The van der Waals surface area contributed by atoms with Crippen LogP contribution >= 0.6 is 0 Å². The van der Waals surface area contributed by atoms with Crippen LogP contribution in [0.1, 0.15) is 37.7 Å². The molecule has 0 spiro atoms. The van der Waals surface area contributed by atoms with Crippen LogP contribution in [0.5, 0.6) is 0 Å². The lowest BCUT2D eigenvalue weighted by Gasteiger charge is -2.43. The highest BCUT2D eigenvalue weighted by Gasteiger charge is 2.38. The van der Waals surface area contributed by atoms with E-state index in [4.69, 9.17) is 0 Å². The molecule has 96 valence electrons. The van der Waals surface area contributed by atoms with Crippen LogP contribution in [0.3, 0.4) is 0 Å². The van der Waals surface area contributed by atoms with Crippen molar-refractivity contribution in [1.82, 2.24) is 4.90 Å². The van der Waals surface area contributed by atoms with Crippen molar-refractivity contribution in [3.63, 3.8) is 0 Å². The smallest absolute Gasteiger partial charge is 0.150 e. The first-order valence-corrected chi connectivity index (χ1v) is 7.15. The van der Waals surface area contributed by atoms with Crippen molar-refractivity contribution < 1.29 is 4.79 Å². The monoisotopic (exact) mass is 243 g/mol. The summed E-state index contributed by atoms with van der Waals surface area (Å²) in [6.07, 6.45) is 5.66. The number of fused-ring (bicyclic) bond motifs is 1. The lowest BCUT2D eigenvalue weighted by atomic mass is 9.77. The molecule has 1 aliphatic heterocycles. The second-order valence-electron chi connectivity index (χ2n) is 5.66. The Bertz CT molecular complexity index is 412. The Balaban J connectivity index is 1.76. The molecule has 18 heavy (non-hydrogen) atoms. The van der Waals surface area contributed by atoms with Crippen molar-refractivity contribution in [3.8, 4) is 0 Å². The highest BCUT2D eigenvalue weighted by Crippen LogP contribution is 2.34. The maximum atomic E-state index is 12.2. The van der Waals surface area contributed by atoms with E-state index in [1.54, 1.807) is 0 Å². The van der Waals surface area contributed by atoms with Gasteiger partial charge in [-0.15, -0.1) is 0 Å². The van der Waals surface area contributed by atoms with Crippen LogP contribution in [0.25, 0.3) is 0 Å². The summed E-state index contributed by atoms with van der Waals surface area (Å²) in [5.41, 5.74) is 1.33. The van der Waals surface area contributed by atoms with E-state index in [1.807, 2.05) is 6.07 Å². The predicted octanol–water partition coefficient (Wildman–Crippen LogP) is 3.02. The third kappa shape index (κ3) is 2.35. The molecule has 2 fully saturated rings. The maximum absolute atomic E-state index is 12.2. The Hall–Kier alpha value is -1.15. The molecule has 3 rings (SSSR count). The van der Waals surface area contributed by atoms with Crippen LogP contribution in [-0.2, 0) is 11.3 Å². The Labute approximate surface area is 109 Å². The SMILES string of the molecule is O=C1CCCC2CCCN(Cc3ccccc3)C12. The number of Topliss-reactive ketones (excluding diaryl/α,β-unsaturated/α-hetero) is 1. The fourth-order valence-electron chi connectivity index (χ4n) is 3.60. The molecule has 0 N–H and O–H groups in total. The van der Waals surface area contributed by atoms with Gasteiger partial charge in [-0.05, 0) is 43.7 Å². The van der Waals surface area contributed by atoms with E-state index in [0.717, 1.165) is 25.9 Å². The molecule has 0 radical (unpaired) electrons. The fourth-order valence-corrected chi connectivity index (χ4v) is 3.60. The van der Waals surface area contributed by atoms with E-state index in [9.17, 15) is 4.79 Å². The summed E-state index contributed by atoms with van der Waals surface area (Å²) in [6, 6.07) is 10.8. The van der Waals surface area contributed by atoms with E-state index in [1.165, 1.54) is 24.8 Å². The number of nitrogens with zero attached hydrogens (tertiary/aromatic N) is 1. The number of likely N-dealkylation sites (tertiary alicyclic amines) is 1. The highest BCUT2D eigenvalue weighted by atomic mass is 16.1. The highest BCUT2D eigenvalue weighted by molar-refractivity contribution is 5.85. The number of carbonyl (C=O) groups excluding carboxylic acids is 1. The Morgan fingerprint density at radius 2 is 1.89 bits per heavy atom. The molecular formula is C16H21NO. The lowest BCUT2D eigenvalue weighted by molar-refractivity contribution is -0.130. The van der Waals surface area contributed by atoms with Gasteiger partial charge in [0.2, 0.25) is 0 Å². The van der Waals surface area contributed by atoms with E-state index in [-0.39, 0.29) is 6.04 Å². The molecule has 2 nitrogen and oxygen atoms in total. The molecule has 2 atom stereocenters. The first-order chi connectivity index (χ1) is 8.84. The van der Waals surface area contributed by atoms with Crippen molar-refractivity contribution in [2.45, 2.75) is 44.7 Å². The second-order valence-corrected chi connectivity index (χ2v) is 5.66. The van der Waals surface area contributed by atoms with Gasteiger partial charge >= 0.3 is 0 Å². The molecule has 0 amide bonds. The summed E-state index contributed by atoms with van der Waals surface area (Å²) in [6.45, 7) is 2.02. The van der Waals surface area contributed by atoms with Gasteiger partial charge in [0.1, 0.15) is 5.78 Å². The topological polar surface area (TPSA) is 20.3 Å². The number of hydrogen-bond donors (Lipinski definition) is 0. The Morgan fingerprint density at radius 3 is 2.72 bits per heavy atom. The van der Waals surface area contributed by atoms with Crippen LogP contribution in [-0.4, -0.2) is 23.3 Å². The molecular weight excluding hydrogens is 222 g/mol. The minimum Gasteiger partial charge on any atom is -0.298 e. The van der Waals surface area contributed by atoms with E-state index in [2.05, 4.69) is 29.2 Å². The zero-order chi connectivity index (χ0) is 12.4. The summed E-state index contributed by atoms with van der Waals surface area (Å²) in [4.78, 5) is 14.6. The van der Waals surface area contributed by atoms with Gasteiger partial charge in [0.15, 0.2) is 0 Å². The standard InChI is InChI=1S/C16H21NO/c18-15-10-4-8-14-9-5-11-17(16(14)15)12-13-6-2-1-3-7-13/h1-3,6-7,14,16H,4-5,8-12H2. The summed E-state index contributed by atoms with van der Waals surface area (Å²) < 4.78 is 0. The number of piperidine rings is 1. The molecule has 2 heteroatoms. The molecule has 1 heterocycles. The van der Waals surface area contributed by atoms with Gasteiger partial charge < -0.3 is 0 Å². The van der Waals surface area contributed by atoms with Crippen LogP contribution < -0.4 is 0 Å². The average molecular weight is 243 g/mol. The Morgan fingerprint density at radius 1 is 1.11 bits per heavy atom. The summed E-state index contributed by atoms with van der Waals surface area (Å²) in [7, 11) is 0. The Kier molecular flexibility index (Phi) is 3.46. The minimum atomic E-state index is 0.215. The zero-order valence-electron chi connectivity index (χ0n) is 10.8. The van der Waals surface area contributed by atoms with Crippen LogP contribution in [0.2, 0.25) is 0 Å². The van der Waals surface area contributed by atoms with Crippen LogP contribution in [0.4, 0.5) is 0 Å². The molecule has 1 aliphatic carbocycles. The molecule has 1 saturated heterocycles. The van der Waals surface area contributed by atoms with Crippen molar-refractivity contribution in [1.29, 1.82) is 0 Å². The molecule has 2 unspecified atom stereocenters. The van der Waals surface area contributed by atoms with Gasteiger partial charge in [-0.1, -0.05) is 30.3 Å². The predicted molar refractivity (Wildman–Crippen MR) is 72.2 cm³/mol. The number of carbonyl (C=O) groups is 1. The molecule has 1 aromatic rings. The first-order valence-electron chi connectivity index (χ1n) is 7.15. The number of ketones is 1. The molecule has 1 saturated carbocycles. The quantitative estimate of drug-likeness (QED) is 0.796. The average Bonchev–Trinajstić information content (AvgIpc) is 2.40. The maximum Gasteiger partial charge on any atom is 0.150 e. The molecule has 0 bridgehead atoms. The number of hydrogen-bond acceptors (Lipinski definition) is 2. The van der Waals surface area contributed by atoms with Gasteiger partial charge in [-0.2, -0.15) is 0 Å². The van der Waals surface area contributed by atoms with E-state index < -0.39 is 0 Å². The van der Waals surface area contributed by atoms with Gasteiger partial charge in [0.05, 0.1) is 6.04 Å². The van der Waals surface area contributed by atoms with Crippen molar-refractivity contribution in [2.24, 2.45) is 5.92 Å². The van der Waals surface area contributed by atoms with Crippen molar-refractivity contribution in [3.05, 3.63) is 35.9 Å². The third-order valence-corrected chi connectivity index (χ3v) is 4.42. The van der Waals surface area contributed by atoms with Crippen molar-refractivity contribution in [2.75, 3.05) is 6.54 Å². The second kappa shape index (κ2) is 5.23. The van der Waals surface area contributed by atoms with E-state index >= 15 is 0 Å². The third-order valence-electron chi connectivity index (χ3n) is 4.42. The van der Waals surface area contributed by atoms with Gasteiger partial charge in [-0.3, -0.25) is 9.69 Å². The van der Waals surface area contributed by atoms with Crippen LogP contribution in [0.15, 0.2) is 30.3 Å². The summed E-state index contributed by atoms with van der Waals surface area (Å²) in [5.74, 6) is 1.12. The van der Waals surface area contributed by atoms with Gasteiger partial charge in [0, 0.05) is 13.0 Å². The normalized spacial score (nSPS) is 29.0. The van der Waals surface area contributed by atoms with Crippen molar-refractivity contribution >= 4 is 5.78 Å². The lowest BCUT2D eigenvalue weighted by Crippen LogP contribution is -2.51. The van der Waals surface area contributed by atoms with Gasteiger partial charge in [-0.25, -0.2) is 0 Å². The first kappa shape index (κ1) is 11.9. The molecule has 0 aromatic heterocycles. The minimum absolute atomic E-state index is 0.215.